The minimum absolute atomic E-state index is 0.174. The first-order valence-corrected chi connectivity index (χ1v) is 9.59. The molecule has 0 aromatic carbocycles. The molecule has 172 valence electrons. The molecule has 0 aromatic heterocycles. The van der Waals surface area contributed by atoms with Crippen molar-refractivity contribution in [1.82, 2.24) is 5.32 Å². The molecule has 2 saturated heterocycles. The van der Waals surface area contributed by atoms with Gasteiger partial charge in [0.1, 0.15) is 36.6 Å². The summed E-state index contributed by atoms with van der Waals surface area (Å²) in [5.41, 5.74) is 5.67. The van der Waals surface area contributed by atoms with Crippen molar-refractivity contribution in [3.05, 3.63) is 0 Å². The molecule has 0 saturated carbocycles. The van der Waals surface area contributed by atoms with Crippen molar-refractivity contribution < 1.29 is 44.2 Å². The second-order valence-corrected chi connectivity index (χ2v) is 7.31. The number of carbonyl (C=O) groups is 1. The standard InChI is InChI=1S/C10H19NO5.C8H17NO4/c1-5-8(11-6(2)13)9(14)10(15-3)7(4-12)16-5;1-4-6(9)7(11)8(12-2)5(3-10)13-4/h5,7-10,12,14H,4H2,1-3H3,(H,11,13);4-8,10-11H,3,9H2,1-2H3. The number of hydrogen-bond acceptors (Lipinski definition) is 10. The molecule has 10 unspecified atom stereocenters. The summed E-state index contributed by atoms with van der Waals surface area (Å²) in [6.07, 6.45) is -4.56. The second-order valence-electron chi connectivity index (χ2n) is 7.31. The van der Waals surface area contributed by atoms with E-state index in [1.807, 2.05) is 0 Å². The van der Waals surface area contributed by atoms with E-state index in [1.54, 1.807) is 13.8 Å². The molecule has 1 amide bonds. The predicted octanol–water partition coefficient (Wildman–Crippen LogP) is -2.88. The van der Waals surface area contributed by atoms with Crippen LogP contribution in [0.2, 0.25) is 0 Å². The van der Waals surface area contributed by atoms with Gasteiger partial charge in [0.2, 0.25) is 5.91 Å². The van der Waals surface area contributed by atoms with E-state index in [1.165, 1.54) is 21.1 Å². The number of rotatable bonds is 5. The highest BCUT2D eigenvalue weighted by molar-refractivity contribution is 5.73. The lowest BCUT2D eigenvalue weighted by molar-refractivity contribution is -0.199. The number of ether oxygens (including phenoxy) is 4. The third-order valence-electron chi connectivity index (χ3n) is 5.27. The molecular formula is C18H36N2O9. The van der Waals surface area contributed by atoms with Crippen molar-refractivity contribution in [2.45, 2.75) is 81.7 Å². The van der Waals surface area contributed by atoms with Crippen LogP contribution in [-0.4, -0.2) is 115 Å². The highest BCUT2D eigenvalue weighted by Gasteiger charge is 2.44. The molecule has 2 aliphatic rings. The van der Waals surface area contributed by atoms with Crippen molar-refractivity contribution in [3.63, 3.8) is 0 Å². The number of methoxy groups -OCH3 is 2. The maximum Gasteiger partial charge on any atom is 0.217 e. The lowest BCUT2D eigenvalue weighted by atomic mass is 9.93. The fraction of sp³-hybridized carbons (Fsp3) is 0.944. The number of amides is 1. The fourth-order valence-corrected chi connectivity index (χ4v) is 3.61. The van der Waals surface area contributed by atoms with Gasteiger partial charge >= 0.3 is 0 Å². The Hall–Kier alpha value is -0.890. The molecule has 0 bridgehead atoms. The molecule has 0 spiro atoms. The van der Waals surface area contributed by atoms with Crippen LogP contribution in [0.5, 0.6) is 0 Å². The molecule has 0 aliphatic carbocycles. The summed E-state index contributed by atoms with van der Waals surface area (Å²) >= 11 is 0. The van der Waals surface area contributed by atoms with Crippen LogP contribution in [0.25, 0.3) is 0 Å². The van der Waals surface area contributed by atoms with Gasteiger partial charge in [-0.15, -0.1) is 0 Å². The normalized spacial score (nSPS) is 42.6. The quantitative estimate of drug-likeness (QED) is 0.269. The van der Waals surface area contributed by atoms with Crippen molar-refractivity contribution in [3.8, 4) is 0 Å². The third-order valence-corrected chi connectivity index (χ3v) is 5.27. The maximum atomic E-state index is 11.0. The molecule has 2 aliphatic heterocycles. The zero-order valence-electron chi connectivity index (χ0n) is 17.6. The van der Waals surface area contributed by atoms with Crippen molar-refractivity contribution >= 4 is 5.91 Å². The number of carbonyl (C=O) groups excluding carboxylic acids is 1. The summed E-state index contributed by atoms with van der Waals surface area (Å²) in [6.45, 7) is 4.47. The zero-order valence-corrected chi connectivity index (χ0v) is 17.6. The Labute approximate surface area is 171 Å². The van der Waals surface area contributed by atoms with E-state index in [4.69, 9.17) is 34.9 Å². The SMILES string of the molecule is COC1C(CO)OC(C)C(N)C1O.COC1C(CO)OC(C)C(NC(C)=O)C1O. The molecular weight excluding hydrogens is 388 g/mol. The number of nitrogens with one attached hydrogen (secondary N) is 1. The van der Waals surface area contributed by atoms with E-state index in [-0.39, 0.29) is 31.3 Å². The molecule has 11 heteroatoms. The molecule has 2 heterocycles. The average molecular weight is 424 g/mol. The summed E-state index contributed by atoms with van der Waals surface area (Å²) in [6, 6.07) is -0.988. The van der Waals surface area contributed by atoms with Crippen molar-refractivity contribution in [1.29, 1.82) is 0 Å². The fourth-order valence-electron chi connectivity index (χ4n) is 3.61. The Morgan fingerprint density at radius 1 is 0.966 bits per heavy atom. The van der Waals surface area contributed by atoms with E-state index in [2.05, 4.69) is 5.32 Å². The molecule has 10 atom stereocenters. The number of aliphatic hydroxyl groups is 4. The van der Waals surface area contributed by atoms with Crippen LogP contribution >= 0.6 is 0 Å². The molecule has 2 fully saturated rings. The highest BCUT2D eigenvalue weighted by Crippen LogP contribution is 2.23. The Morgan fingerprint density at radius 3 is 1.83 bits per heavy atom. The average Bonchev–Trinajstić information content (AvgIpc) is 2.68. The minimum Gasteiger partial charge on any atom is -0.394 e. The molecule has 2 rings (SSSR count). The van der Waals surface area contributed by atoms with Gasteiger partial charge in [0, 0.05) is 21.1 Å². The lowest BCUT2D eigenvalue weighted by Gasteiger charge is -2.42. The van der Waals surface area contributed by atoms with Crippen LogP contribution in [0.3, 0.4) is 0 Å². The minimum atomic E-state index is -0.894. The first kappa shape index (κ1) is 26.1. The first-order valence-electron chi connectivity index (χ1n) is 9.59. The van der Waals surface area contributed by atoms with E-state index in [0.29, 0.717) is 0 Å². The topological polar surface area (TPSA) is 173 Å². The molecule has 0 aromatic rings. The summed E-state index contributed by atoms with van der Waals surface area (Å²) in [4.78, 5) is 11.0. The maximum absolute atomic E-state index is 11.0. The molecule has 0 radical (unpaired) electrons. The van der Waals surface area contributed by atoms with Crippen molar-refractivity contribution in [2.24, 2.45) is 5.73 Å². The van der Waals surface area contributed by atoms with Gasteiger partial charge in [-0.3, -0.25) is 4.79 Å². The Kier molecular flexibility index (Phi) is 10.9. The number of aliphatic hydroxyl groups excluding tert-OH is 4. The number of hydrogen-bond donors (Lipinski definition) is 6. The third kappa shape index (κ3) is 6.54. The highest BCUT2D eigenvalue weighted by atomic mass is 16.6. The Bertz CT molecular complexity index is 496. The van der Waals surface area contributed by atoms with Gasteiger partial charge in [-0.25, -0.2) is 0 Å². The zero-order chi connectivity index (χ0) is 22.3. The van der Waals surface area contributed by atoms with Crippen LogP contribution in [0.15, 0.2) is 0 Å². The largest absolute Gasteiger partial charge is 0.394 e. The summed E-state index contributed by atoms with van der Waals surface area (Å²) < 4.78 is 20.9. The summed E-state index contributed by atoms with van der Waals surface area (Å²) in [5, 5.41) is 40.4. The summed E-state index contributed by atoms with van der Waals surface area (Å²) in [7, 11) is 2.89. The first-order chi connectivity index (χ1) is 13.6. The van der Waals surface area contributed by atoms with Gasteiger partial charge in [-0.1, -0.05) is 0 Å². The van der Waals surface area contributed by atoms with Crippen LogP contribution in [0.1, 0.15) is 20.8 Å². The van der Waals surface area contributed by atoms with Gasteiger partial charge in [0.25, 0.3) is 0 Å². The van der Waals surface area contributed by atoms with Gasteiger partial charge in [0.15, 0.2) is 0 Å². The van der Waals surface area contributed by atoms with E-state index >= 15 is 0 Å². The van der Waals surface area contributed by atoms with E-state index < -0.39 is 48.7 Å². The summed E-state index contributed by atoms with van der Waals surface area (Å²) in [5.74, 6) is -0.239. The van der Waals surface area contributed by atoms with E-state index in [0.717, 1.165) is 0 Å². The molecule has 11 nitrogen and oxygen atoms in total. The molecule has 7 N–H and O–H groups in total. The van der Waals surface area contributed by atoms with Gasteiger partial charge < -0.3 is 50.4 Å². The van der Waals surface area contributed by atoms with E-state index in [9.17, 15) is 15.0 Å². The van der Waals surface area contributed by atoms with Gasteiger partial charge in [0.05, 0.1) is 37.5 Å². The van der Waals surface area contributed by atoms with Crippen LogP contribution in [0, 0.1) is 0 Å². The predicted molar refractivity (Wildman–Crippen MR) is 102 cm³/mol. The molecule has 29 heavy (non-hydrogen) atoms. The van der Waals surface area contributed by atoms with Crippen molar-refractivity contribution in [2.75, 3.05) is 27.4 Å². The monoisotopic (exact) mass is 424 g/mol. The Morgan fingerprint density at radius 2 is 1.41 bits per heavy atom. The van der Waals surface area contributed by atoms with Crippen LogP contribution < -0.4 is 11.1 Å². The lowest BCUT2D eigenvalue weighted by Crippen LogP contribution is -2.63. The van der Waals surface area contributed by atoms with Gasteiger partial charge in [-0.05, 0) is 13.8 Å². The smallest absolute Gasteiger partial charge is 0.217 e. The van der Waals surface area contributed by atoms with Crippen LogP contribution in [0.4, 0.5) is 0 Å². The second kappa shape index (κ2) is 12.1. The Balaban J connectivity index is 0.000000296. The number of nitrogens with two attached hydrogens (primary N) is 1. The van der Waals surface area contributed by atoms with Gasteiger partial charge in [-0.2, -0.15) is 0 Å². The van der Waals surface area contributed by atoms with Crippen LogP contribution in [-0.2, 0) is 23.7 Å².